The zero-order chi connectivity index (χ0) is 25.3. The predicted octanol–water partition coefficient (Wildman–Crippen LogP) is 3.39. The van der Waals surface area contributed by atoms with E-state index >= 15 is 0 Å². The van der Waals surface area contributed by atoms with Crippen molar-refractivity contribution in [1.82, 2.24) is 5.32 Å². The molecule has 0 radical (unpaired) electrons. The molecular weight excluding hydrogens is 434 g/mol. The SMILES string of the molecule is CC[C@H](C)C(=O)O[C@H]1C[C@@H](C)C=C2C=C[C@H](C)[C@H](CC[C@@H](O)C[C@@H](O)CC(=O)NCCOC)[C@H]21. The second-order valence-corrected chi connectivity index (χ2v) is 10.2. The second kappa shape index (κ2) is 14.0. The largest absolute Gasteiger partial charge is 0.461 e. The number of rotatable bonds is 13. The molecule has 2 rings (SSSR count). The van der Waals surface area contributed by atoms with E-state index in [0.29, 0.717) is 31.4 Å². The number of allylic oxidation sites excluding steroid dienone is 3. The molecule has 0 spiro atoms. The van der Waals surface area contributed by atoms with Crippen molar-refractivity contribution < 1.29 is 29.3 Å². The smallest absolute Gasteiger partial charge is 0.308 e. The van der Waals surface area contributed by atoms with Crippen molar-refractivity contribution in [2.24, 2.45) is 29.6 Å². The fourth-order valence-electron chi connectivity index (χ4n) is 5.13. The molecule has 0 unspecified atom stereocenters. The van der Waals surface area contributed by atoms with E-state index in [2.05, 4.69) is 37.4 Å². The standard InChI is InChI=1S/C27H45NO6/c1-6-18(3)27(32)34-24-14-17(2)13-20-8-7-19(4)23(26(20)24)10-9-21(29)15-22(30)16-25(31)28-11-12-33-5/h7-8,13,17-19,21-24,26,29-30H,6,9-12,14-16H2,1-5H3,(H,28,31)/t17-,18-,19-,21+,22+,23-,24-,26-/m0/s1. The van der Waals surface area contributed by atoms with Crippen LogP contribution >= 0.6 is 0 Å². The zero-order valence-electron chi connectivity index (χ0n) is 21.5. The maximum atomic E-state index is 12.6. The minimum atomic E-state index is -0.892. The van der Waals surface area contributed by atoms with Gasteiger partial charge < -0.3 is 25.0 Å². The Morgan fingerprint density at radius 2 is 1.97 bits per heavy atom. The van der Waals surface area contributed by atoms with Crippen molar-refractivity contribution in [3.63, 3.8) is 0 Å². The summed E-state index contributed by atoms with van der Waals surface area (Å²) >= 11 is 0. The van der Waals surface area contributed by atoms with Gasteiger partial charge in [-0.15, -0.1) is 0 Å². The maximum absolute atomic E-state index is 12.6. The van der Waals surface area contributed by atoms with Crippen LogP contribution < -0.4 is 5.32 Å². The molecule has 34 heavy (non-hydrogen) atoms. The number of carbonyl (C=O) groups excluding carboxylic acids is 2. The Kier molecular flexibility index (Phi) is 11.8. The monoisotopic (exact) mass is 479 g/mol. The molecule has 8 atom stereocenters. The molecule has 2 aliphatic carbocycles. The van der Waals surface area contributed by atoms with Crippen molar-refractivity contribution in [3.05, 3.63) is 23.8 Å². The Hall–Kier alpha value is -1.70. The second-order valence-electron chi connectivity index (χ2n) is 10.2. The summed E-state index contributed by atoms with van der Waals surface area (Å²) in [7, 11) is 1.56. The van der Waals surface area contributed by atoms with Gasteiger partial charge in [-0.05, 0) is 55.4 Å². The molecule has 7 heteroatoms. The van der Waals surface area contributed by atoms with Crippen LogP contribution in [0.4, 0.5) is 0 Å². The molecule has 0 saturated carbocycles. The van der Waals surface area contributed by atoms with Crippen LogP contribution in [0.3, 0.4) is 0 Å². The molecule has 0 aliphatic heterocycles. The Morgan fingerprint density at radius 3 is 2.65 bits per heavy atom. The van der Waals surface area contributed by atoms with Gasteiger partial charge in [0.05, 0.1) is 31.2 Å². The third-order valence-corrected chi connectivity index (χ3v) is 7.30. The van der Waals surface area contributed by atoms with E-state index in [0.717, 1.165) is 19.3 Å². The van der Waals surface area contributed by atoms with Gasteiger partial charge in [0.2, 0.25) is 5.91 Å². The molecule has 0 fully saturated rings. The summed E-state index contributed by atoms with van der Waals surface area (Å²) in [5.41, 5.74) is 1.23. The molecule has 2 aliphatic rings. The number of fused-ring (bicyclic) bond motifs is 1. The molecule has 194 valence electrons. The molecule has 0 aromatic carbocycles. The lowest BCUT2D eigenvalue weighted by Gasteiger charge is -2.43. The van der Waals surface area contributed by atoms with Crippen LogP contribution in [-0.2, 0) is 19.1 Å². The Balaban J connectivity index is 1.97. The highest BCUT2D eigenvalue weighted by molar-refractivity contribution is 5.76. The summed E-state index contributed by atoms with van der Waals surface area (Å²) in [4.78, 5) is 24.5. The average molecular weight is 480 g/mol. The Morgan fingerprint density at radius 1 is 1.24 bits per heavy atom. The number of hydrogen-bond donors (Lipinski definition) is 3. The van der Waals surface area contributed by atoms with Gasteiger partial charge in [0, 0.05) is 19.6 Å². The number of aliphatic hydroxyl groups excluding tert-OH is 2. The normalized spacial score (nSPS) is 28.9. The van der Waals surface area contributed by atoms with E-state index in [1.54, 1.807) is 7.11 Å². The highest BCUT2D eigenvalue weighted by Crippen LogP contribution is 2.45. The number of ether oxygens (including phenoxy) is 2. The van der Waals surface area contributed by atoms with Gasteiger partial charge in [-0.1, -0.05) is 45.9 Å². The summed E-state index contributed by atoms with van der Waals surface area (Å²) in [6.45, 7) is 9.05. The zero-order valence-corrected chi connectivity index (χ0v) is 21.5. The summed E-state index contributed by atoms with van der Waals surface area (Å²) in [5, 5.41) is 23.5. The summed E-state index contributed by atoms with van der Waals surface area (Å²) in [6.07, 6.45) is 7.90. The maximum Gasteiger partial charge on any atom is 0.308 e. The fourth-order valence-corrected chi connectivity index (χ4v) is 5.13. The number of carbonyl (C=O) groups is 2. The van der Waals surface area contributed by atoms with Crippen LogP contribution in [0.15, 0.2) is 23.8 Å². The lowest BCUT2D eigenvalue weighted by molar-refractivity contribution is -0.158. The first-order chi connectivity index (χ1) is 16.2. The Labute approximate surface area is 205 Å². The number of aliphatic hydroxyl groups is 2. The average Bonchev–Trinajstić information content (AvgIpc) is 2.77. The Bertz CT molecular complexity index is 720. The van der Waals surface area contributed by atoms with Crippen molar-refractivity contribution in [1.29, 1.82) is 0 Å². The van der Waals surface area contributed by atoms with Crippen LogP contribution in [-0.4, -0.2) is 60.7 Å². The number of esters is 1. The molecule has 0 aromatic rings. The molecule has 3 N–H and O–H groups in total. The first-order valence-electron chi connectivity index (χ1n) is 12.9. The van der Waals surface area contributed by atoms with E-state index in [-0.39, 0.29) is 48.6 Å². The molecule has 0 saturated heterocycles. The van der Waals surface area contributed by atoms with E-state index in [1.165, 1.54) is 5.57 Å². The van der Waals surface area contributed by atoms with Crippen molar-refractivity contribution in [2.75, 3.05) is 20.3 Å². The van der Waals surface area contributed by atoms with Gasteiger partial charge >= 0.3 is 5.97 Å². The quantitative estimate of drug-likeness (QED) is 0.276. The molecular formula is C27H45NO6. The number of hydrogen-bond acceptors (Lipinski definition) is 6. The lowest BCUT2D eigenvalue weighted by Crippen LogP contribution is -2.41. The van der Waals surface area contributed by atoms with Crippen LogP contribution in [0.25, 0.3) is 0 Å². The van der Waals surface area contributed by atoms with E-state index < -0.39 is 12.2 Å². The van der Waals surface area contributed by atoms with Crippen LogP contribution in [0.1, 0.15) is 66.2 Å². The lowest BCUT2D eigenvalue weighted by atomic mass is 9.65. The first kappa shape index (κ1) is 28.5. The fraction of sp³-hybridized carbons (Fsp3) is 0.778. The predicted molar refractivity (Wildman–Crippen MR) is 132 cm³/mol. The molecule has 0 heterocycles. The summed E-state index contributed by atoms with van der Waals surface area (Å²) < 4.78 is 10.9. The van der Waals surface area contributed by atoms with Gasteiger partial charge in [0.15, 0.2) is 0 Å². The number of methoxy groups -OCH3 is 1. The highest BCUT2D eigenvalue weighted by Gasteiger charge is 2.41. The van der Waals surface area contributed by atoms with Crippen LogP contribution in [0.2, 0.25) is 0 Å². The van der Waals surface area contributed by atoms with E-state index in [4.69, 9.17) is 9.47 Å². The van der Waals surface area contributed by atoms with Crippen molar-refractivity contribution in [2.45, 2.75) is 84.5 Å². The minimum absolute atomic E-state index is 0.0373. The number of nitrogens with one attached hydrogen (secondary N) is 1. The van der Waals surface area contributed by atoms with E-state index in [1.807, 2.05) is 13.8 Å². The van der Waals surface area contributed by atoms with Crippen LogP contribution in [0, 0.1) is 29.6 Å². The third-order valence-electron chi connectivity index (χ3n) is 7.30. The molecule has 0 aromatic heterocycles. The van der Waals surface area contributed by atoms with Gasteiger partial charge in [-0.3, -0.25) is 9.59 Å². The molecule has 1 amide bonds. The van der Waals surface area contributed by atoms with Gasteiger partial charge in [-0.2, -0.15) is 0 Å². The van der Waals surface area contributed by atoms with Crippen molar-refractivity contribution in [3.8, 4) is 0 Å². The minimum Gasteiger partial charge on any atom is -0.461 e. The van der Waals surface area contributed by atoms with Gasteiger partial charge in [0.1, 0.15) is 6.10 Å². The van der Waals surface area contributed by atoms with E-state index in [9.17, 15) is 19.8 Å². The van der Waals surface area contributed by atoms with Crippen LogP contribution in [0.5, 0.6) is 0 Å². The van der Waals surface area contributed by atoms with Crippen molar-refractivity contribution >= 4 is 11.9 Å². The number of amides is 1. The summed E-state index contributed by atoms with van der Waals surface area (Å²) in [6, 6.07) is 0. The highest BCUT2D eigenvalue weighted by atomic mass is 16.5. The molecule has 7 nitrogen and oxygen atoms in total. The first-order valence-corrected chi connectivity index (χ1v) is 12.9. The summed E-state index contributed by atoms with van der Waals surface area (Å²) in [5.74, 6) is 0.499. The third kappa shape index (κ3) is 8.51. The van der Waals surface area contributed by atoms with Gasteiger partial charge in [0.25, 0.3) is 0 Å². The topological polar surface area (TPSA) is 105 Å². The van der Waals surface area contributed by atoms with Gasteiger partial charge in [-0.25, -0.2) is 0 Å². The molecule has 0 bridgehead atoms.